The first kappa shape index (κ1) is 22.8. The van der Waals surface area contributed by atoms with E-state index in [1.165, 1.54) is 23.1 Å². The molecule has 0 bridgehead atoms. The van der Waals surface area contributed by atoms with Gasteiger partial charge in [0.05, 0.1) is 16.7 Å². The summed E-state index contributed by atoms with van der Waals surface area (Å²) in [6.45, 7) is 11.4. The summed E-state index contributed by atoms with van der Waals surface area (Å²) in [5.41, 5.74) is 0.0762. The first-order valence-corrected chi connectivity index (χ1v) is 12.2. The van der Waals surface area contributed by atoms with E-state index >= 15 is 0 Å². The number of hydrogen-bond donors (Lipinski definition) is 1. The zero-order valence-corrected chi connectivity index (χ0v) is 20.2. The number of nitrogens with one attached hydrogen (secondary N) is 1. The van der Waals surface area contributed by atoms with Crippen molar-refractivity contribution >= 4 is 39.2 Å². The van der Waals surface area contributed by atoms with Gasteiger partial charge >= 0.3 is 0 Å². The molecule has 0 saturated heterocycles. The van der Waals surface area contributed by atoms with Crippen molar-refractivity contribution in [2.24, 2.45) is 5.92 Å². The van der Waals surface area contributed by atoms with Crippen molar-refractivity contribution in [3.8, 4) is 6.07 Å². The van der Waals surface area contributed by atoms with Gasteiger partial charge in [-0.1, -0.05) is 38.5 Å². The number of nitrogens with zero attached hydrogens (tertiary/aromatic N) is 3. The van der Waals surface area contributed by atoms with Crippen molar-refractivity contribution in [3.05, 3.63) is 20.8 Å². The summed E-state index contributed by atoms with van der Waals surface area (Å²) in [6, 6.07) is 2.35. The molecule has 6 nitrogen and oxygen atoms in total. The number of nitriles is 1. The molecule has 8 heteroatoms. The molecule has 1 aliphatic rings. The number of carbonyl (C=O) groups is 1. The quantitative estimate of drug-likeness (QED) is 0.512. The fraction of sp³-hybridized carbons (Fsp3) is 0.636. The number of thioether (sulfide) groups is 1. The van der Waals surface area contributed by atoms with Crippen molar-refractivity contribution in [3.63, 3.8) is 0 Å². The number of fused-ring (bicyclic) bond motifs is 1. The van der Waals surface area contributed by atoms with E-state index in [2.05, 4.69) is 11.4 Å². The summed E-state index contributed by atoms with van der Waals surface area (Å²) in [5.74, 6) is -0.240. The zero-order valence-electron chi connectivity index (χ0n) is 18.5. The molecule has 0 radical (unpaired) electrons. The minimum absolute atomic E-state index is 0.00732. The van der Waals surface area contributed by atoms with Crippen molar-refractivity contribution in [2.75, 3.05) is 0 Å². The Balaban J connectivity index is 1.98. The molecule has 30 heavy (non-hydrogen) atoms. The van der Waals surface area contributed by atoms with Crippen LogP contribution in [-0.4, -0.2) is 26.2 Å². The first-order chi connectivity index (χ1) is 14.1. The van der Waals surface area contributed by atoms with Crippen LogP contribution in [0.5, 0.6) is 0 Å². The van der Waals surface area contributed by atoms with Crippen molar-refractivity contribution < 1.29 is 4.79 Å². The van der Waals surface area contributed by atoms with Gasteiger partial charge in [0, 0.05) is 10.9 Å². The maximum Gasteiger partial charge on any atom is 0.263 e. The van der Waals surface area contributed by atoms with Crippen LogP contribution < -0.4 is 10.9 Å². The molecule has 3 rings (SSSR count). The Morgan fingerprint density at radius 3 is 2.53 bits per heavy atom. The Bertz CT molecular complexity index is 1060. The number of thiophene rings is 1. The van der Waals surface area contributed by atoms with Crippen molar-refractivity contribution in [1.82, 2.24) is 14.9 Å². The van der Waals surface area contributed by atoms with Gasteiger partial charge in [-0.05, 0) is 52.0 Å². The number of aryl methyl sites for hydroxylation is 2. The van der Waals surface area contributed by atoms with Crippen molar-refractivity contribution in [2.45, 2.75) is 89.2 Å². The van der Waals surface area contributed by atoms with Crippen LogP contribution in [0.4, 0.5) is 0 Å². The lowest BCUT2D eigenvalue weighted by atomic mass is 9.90. The summed E-state index contributed by atoms with van der Waals surface area (Å²) in [5, 5.41) is 13.2. The van der Waals surface area contributed by atoms with E-state index in [0.29, 0.717) is 10.5 Å². The van der Waals surface area contributed by atoms with Crippen LogP contribution in [-0.2, 0) is 4.79 Å². The normalized spacial score (nSPS) is 17.8. The third kappa shape index (κ3) is 4.15. The average molecular weight is 447 g/mol. The van der Waals surface area contributed by atoms with Gasteiger partial charge in [0.15, 0.2) is 5.16 Å². The smallest absolute Gasteiger partial charge is 0.263 e. The summed E-state index contributed by atoms with van der Waals surface area (Å²) in [7, 11) is 0. The molecule has 162 valence electrons. The first-order valence-electron chi connectivity index (χ1n) is 10.5. The summed E-state index contributed by atoms with van der Waals surface area (Å²) in [4.78, 5) is 33.0. The van der Waals surface area contributed by atoms with Crippen LogP contribution in [0.3, 0.4) is 0 Å². The Morgan fingerprint density at radius 2 is 1.97 bits per heavy atom. The third-order valence-electron chi connectivity index (χ3n) is 6.31. The molecule has 0 aromatic carbocycles. The van der Waals surface area contributed by atoms with Crippen LogP contribution in [0.15, 0.2) is 9.95 Å². The molecule has 2 aromatic heterocycles. The lowest BCUT2D eigenvalue weighted by molar-refractivity contribution is -0.121. The number of aromatic nitrogens is 2. The lowest BCUT2D eigenvalue weighted by Gasteiger charge is -2.29. The van der Waals surface area contributed by atoms with Gasteiger partial charge in [0.25, 0.3) is 5.56 Å². The Morgan fingerprint density at radius 1 is 1.33 bits per heavy atom. The Labute approximate surface area is 186 Å². The van der Waals surface area contributed by atoms with Crippen molar-refractivity contribution in [1.29, 1.82) is 5.26 Å². The molecule has 0 spiro atoms. The molecule has 1 aliphatic carbocycles. The minimum atomic E-state index is -0.934. The summed E-state index contributed by atoms with van der Waals surface area (Å²) >= 11 is 2.84. The maximum absolute atomic E-state index is 13.5. The highest BCUT2D eigenvalue weighted by atomic mass is 32.2. The predicted molar refractivity (Wildman–Crippen MR) is 123 cm³/mol. The summed E-state index contributed by atoms with van der Waals surface area (Å²) in [6.07, 6.45) is 4.13. The SMILES string of the molecule is Cc1sc2nc(S[C@@H](C)C(=O)N[C@](C)(C#N)C(C)C)n(C3CCCC3)c(=O)c2c1C. The number of hydrogen-bond acceptors (Lipinski definition) is 6. The van der Waals surface area contributed by atoms with E-state index in [1.807, 2.05) is 32.3 Å². The molecule has 2 atom stereocenters. The molecular formula is C22H30N4O2S2. The molecule has 0 unspecified atom stereocenters. The van der Waals surface area contributed by atoms with Gasteiger partial charge in [0.2, 0.25) is 5.91 Å². The Kier molecular flexibility index (Phi) is 6.63. The number of carbonyl (C=O) groups excluding carboxylic acids is 1. The van der Waals surface area contributed by atoms with E-state index in [9.17, 15) is 14.9 Å². The van der Waals surface area contributed by atoms with Crippen LogP contribution >= 0.6 is 23.1 Å². The second-order valence-electron chi connectivity index (χ2n) is 8.69. The minimum Gasteiger partial charge on any atom is -0.337 e. The second-order valence-corrected chi connectivity index (χ2v) is 11.2. The number of amides is 1. The molecule has 1 amide bonds. The second kappa shape index (κ2) is 8.72. The third-order valence-corrected chi connectivity index (χ3v) is 8.48. The van der Waals surface area contributed by atoms with E-state index < -0.39 is 10.8 Å². The fourth-order valence-corrected chi connectivity index (χ4v) is 5.78. The highest BCUT2D eigenvalue weighted by Crippen LogP contribution is 2.35. The van der Waals surface area contributed by atoms with Gasteiger partial charge in [-0.15, -0.1) is 11.3 Å². The highest BCUT2D eigenvalue weighted by molar-refractivity contribution is 8.00. The van der Waals surface area contributed by atoms with Gasteiger partial charge in [-0.25, -0.2) is 4.98 Å². The lowest BCUT2D eigenvalue weighted by Crippen LogP contribution is -2.51. The van der Waals surface area contributed by atoms with Gasteiger partial charge in [-0.2, -0.15) is 5.26 Å². The molecule has 2 aromatic rings. The molecule has 1 fully saturated rings. The predicted octanol–water partition coefficient (Wildman–Crippen LogP) is 4.73. The van der Waals surface area contributed by atoms with Crippen LogP contribution in [0.2, 0.25) is 0 Å². The molecule has 0 aliphatic heterocycles. The topological polar surface area (TPSA) is 87.8 Å². The summed E-state index contributed by atoms with van der Waals surface area (Å²) < 4.78 is 1.83. The highest BCUT2D eigenvalue weighted by Gasteiger charge is 2.33. The van der Waals surface area contributed by atoms with Gasteiger partial charge < -0.3 is 5.32 Å². The van der Waals surface area contributed by atoms with E-state index in [0.717, 1.165) is 41.0 Å². The van der Waals surface area contributed by atoms with Gasteiger partial charge in [0.1, 0.15) is 10.4 Å². The monoisotopic (exact) mass is 446 g/mol. The molecular weight excluding hydrogens is 416 g/mol. The van der Waals surface area contributed by atoms with E-state index in [-0.39, 0.29) is 23.4 Å². The van der Waals surface area contributed by atoms with Crippen LogP contribution in [0.1, 0.15) is 69.9 Å². The standard InChI is InChI=1S/C22H30N4O2S2/c1-12(2)22(6,11-23)25-18(27)15(5)30-21-24-19-17(13(3)14(4)29-19)20(28)26(21)16-9-7-8-10-16/h12,15-16H,7-10H2,1-6H3,(H,25,27)/t15-,22+/m0/s1. The molecule has 1 N–H and O–H groups in total. The molecule has 1 saturated carbocycles. The van der Waals surface area contributed by atoms with E-state index in [4.69, 9.17) is 4.98 Å². The average Bonchev–Trinajstić information content (AvgIpc) is 3.30. The molecule has 2 heterocycles. The van der Waals surface area contributed by atoms with E-state index in [1.54, 1.807) is 13.8 Å². The fourth-order valence-electron chi connectivity index (χ4n) is 3.73. The maximum atomic E-state index is 13.5. The van der Waals surface area contributed by atoms with Crippen LogP contribution in [0, 0.1) is 31.1 Å². The van der Waals surface area contributed by atoms with Crippen LogP contribution in [0.25, 0.3) is 10.2 Å². The Hall–Kier alpha value is -1.85. The largest absolute Gasteiger partial charge is 0.337 e. The number of rotatable bonds is 6. The van der Waals surface area contributed by atoms with Gasteiger partial charge in [-0.3, -0.25) is 14.2 Å². The zero-order chi connectivity index (χ0) is 22.2.